The quantitative estimate of drug-likeness (QED) is 0.720. The van der Waals surface area contributed by atoms with E-state index in [0.717, 1.165) is 0 Å². The number of nitrogens with two attached hydrogens (primary N) is 1. The van der Waals surface area contributed by atoms with Crippen LogP contribution < -0.4 is 11.3 Å². The molecule has 0 fully saturated rings. The summed E-state index contributed by atoms with van der Waals surface area (Å²) in [7, 11) is 0. The maximum atomic E-state index is 12.2. The van der Waals surface area contributed by atoms with Crippen LogP contribution in [0.5, 0.6) is 0 Å². The van der Waals surface area contributed by atoms with Gasteiger partial charge in [0, 0.05) is 25.5 Å². The van der Waals surface area contributed by atoms with Crippen LogP contribution in [0.2, 0.25) is 0 Å². The predicted octanol–water partition coefficient (Wildman–Crippen LogP) is 0.128. The van der Waals surface area contributed by atoms with Crippen LogP contribution in [0.4, 0.5) is 0 Å². The number of fused-ring (bicyclic) bond motifs is 3. The first-order chi connectivity index (χ1) is 8.70. The molecule has 3 rings (SSSR count). The first-order valence-electron chi connectivity index (χ1n) is 5.62. The van der Waals surface area contributed by atoms with Gasteiger partial charge in [0.2, 0.25) is 0 Å². The molecule has 0 unspecified atom stereocenters. The molecule has 0 saturated heterocycles. The molecule has 0 aliphatic heterocycles. The lowest BCUT2D eigenvalue weighted by molar-refractivity contribution is 0.685. The topological polar surface area (TPSA) is 91.1 Å². The van der Waals surface area contributed by atoms with Crippen molar-refractivity contribution in [2.24, 2.45) is 5.73 Å². The van der Waals surface area contributed by atoms with E-state index < -0.39 is 0 Å². The van der Waals surface area contributed by atoms with Crippen LogP contribution in [0.15, 0.2) is 23.3 Å². The third kappa shape index (κ3) is 2.06. The van der Waals surface area contributed by atoms with E-state index in [1.54, 1.807) is 22.2 Å². The molecule has 0 bridgehead atoms. The molecule has 0 aromatic carbocycles. The van der Waals surface area contributed by atoms with Crippen molar-refractivity contribution in [3.8, 4) is 0 Å². The minimum atomic E-state index is -0.111. The summed E-state index contributed by atoms with van der Waals surface area (Å²) < 4.78 is 3.15. The molecule has 0 aliphatic carbocycles. The number of hydrogen-bond donors (Lipinski definition) is 1. The van der Waals surface area contributed by atoms with E-state index in [4.69, 9.17) is 5.73 Å². The summed E-state index contributed by atoms with van der Waals surface area (Å²) in [5.74, 6) is 1.12. The third-order valence-corrected chi connectivity index (χ3v) is 2.78. The van der Waals surface area contributed by atoms with Crippen LogP contribution in [0.25, 0.3) is 16.7 Å². The lowest BCUT2D eigenvalue weighted by Crippen LogP contribution is -2.24. The standard InChI is InChI=1S/C11H12N6O.ClH/c1-7-14-11-13-6-8-9(17(11)15-7)2-4-16(5-3-12)10(8)18;/h2,4,6H,3,5,12H2,1H3;1H. The second-order valence-corrected chi connectivity index (χ2v) is 4.03. The fraction of sp³-hybridized carbons (Fsp3) is 0.273. The van der Waals surface area contributed by atoms with E-state index in [2.05, 4.69) is 15.1 Å². The van der Waals surface area contributed by atoms with Gasteiger partial charge in [-0.2, -0.15) is 9.50 Å². The van der Waals surface area contributed by atoms with Crippen LogP contribution in [0, 0.1) is 6.92 Å². The molecule has 0 aliphatic rings. The molecule has 0 atom stereocenters. The van der Waals surface area contributed by atoms with Gasteiger partial charge in [-0.1, -0.05) is 0 Å². The van der Waals surface area contributed by atoms with Crippen LogP contribution in [0.1, 0.15) is 5.82 Å². The second kappa shape index (κ2) is 4.94. The highest BCUT2D eigenvalue weighted by Gasteiger charge is 2.09. The Morgan fingerprint density at radius 1 is 1.42 bits per heavy atom. The average Bonchev–Trinajstić information content (AvgIpc) is 2.73. The number of aromatic nitrogens is 5. The highest BCUT2D eigenvalue weighted by molar-refractivity contribution is 5.85. The summed E-state index contributed by atoms with van der Waals surface area (Å²) in [5.41, 5.74) is 6.06. The highest BCUT2D eigenvalue weighted by atomic mass is 35.5. The molecule has 8 heteroatoms. The number of pyridine rings is 1. The van der Waals surface area contributed by atoms with Gasteiger partial charge >= 0.3 is 0 Å². The fourth-order valence-corrected chi connectivity index (χ4v) is 1.97. The minimum Gasteiger partial charge on any atom is -0.329 e. The maximum Gasteiger partial charge on any atom is 0.261 e. The predicted molar refractivity (Wildman–Crippen MR) is 73.6 cm³/mol. The molecule has 3 heterocycles. The fourth-order valence-electron chi connectivity index (χ4n) is 1.97. The number of nitrogens with zero attached hydrogens (tertiary/aromatic N) is 5. The molecule has 7 nitrogen and oxygen atoms in total. The molecule has 19 heavy (non-hydrogen) atoms. The van der Waals surface area contributed by atoms with Crippen molar-refractivity contribution < 1.29 is 0 Å². The summed E-state index contributed by atoms with van der Waals surface area (Å²) in [5, 5.41) is 4.75. The van der Waals surface area contributed by atoms with Crippen LogP contribution >= 0.6 is 12.4 Å². The first kappa shape index (κ1) is 13.4. The molecule has 0 amide bonds. The van der Waals surface area contributed by atoms with Gasteiger partial charge in [-0.25, -0.2) is 4.98 Å². The summed E-state index contributed by atoms with van der Waals surface area (Å²) in [6.07, 6.45) is 3.25. The Balaban J connectivity index is 0.00000133. The van der Waals surface area contributed by atoms with E-state index >= 15 is 0 Å². The Bertz CT molecular complexity index is 793. The molecular weight excluding hydrogens is 268 g/mol. The Kier molecular flexibility index (Phi) is 3.50. The monoisotopic (exact) mass is 280 g/mol. The smallest absolute Gasteiger partial charge is 0.261 e. The number of aryl methyl sites for hydroxylation is 1. The summed E-state index contributed by atoms with van der Waals surface area (Å²) in [6, 6.07) is 1.83. The van der Waals surface area contributed by atoms with E-state index in [9.17, 15) is 4.79 Å². The summed E-state index contributed by atoms with van der Waals surface area (Å²) >= 11 is 0. The van der Waals surface area contributed by atoms with Crippen molar-refractivity contribution in [3.63, 3.8) is 0 Å². The largest absolute Gasteiger partial charge is 0.329 e. The lowest BCUT2D eigenvalue weighted by Gasteiger charge is -2.05. The molecule has 2 N–H and O–H groups in total. The van der Waals surface area contributed by atoms with Gasteiger partial charge in [0.15, 0.2) is 0 Å². The minimum absolute atomic E-state index is 0. The van der Waals surface area contributed by atoms with Gasteiger partial charge in [0.05, 0.1) is 10.9 Å². The Morgan fingerprint density at radius 2 is 2.21 bits per heavy atom. The molecule has 0 spiro atoms. The van der Waals surface area contributed by atoms with Crippen LogP contribution in [-0.2, 0) is 6.54 Å². The van der Waals surface area contributed by atoms with Crippen LogP contribution in [0.3, 0.4) is 0 Å². The van der Waals surface area contributed by atoms with E-state index in [0.29, 0.717) is 35.6 Å². The van der Waals surface area contributed by atoms with E-state index in [-0.39, 0.29) is 18.0 Å². The molecule has 0 saturated carbocycles. The van der Waals surface area contributed by atoms with Gasteiger partial charge < -0.3 is 10.3 Å². The van der Waals surface area contributed by atoms with Crippen molar-refractivity contribution >= 4 is 29.1 Å². The van der Waals surface area contributed by atoms with Crippen LogP contribution in [-0.4, -0.2) is 30.7 Å². The van der Waals surface area contributed by atoms with Gasteiger partial charge in [-0.05, 0) is 13.0 Å². The van der Waals surface area contributed by atoms with Crippen molar-refractivity contribution in [2.45, 2.75) is 13.5 Å². The molecule has 100 valence electrons. The molecule has 3 aromatic heterocycles. The normalized spacial score (nSPS) is 10.8. The Morgan fingerprint density at radius 3 is 2.95 bits per heavy atom. The maximum absolute atomic E-state index is 12.2. The van der Waals surface area contributed by atoms with Crippen molar-refractivity contribution in [1.82, 2.24) is 24.1 Å². The number of hydrogen-bond acceptors (Lipinski definition) is 5. The zero-order chi connectivity index (χ0) is 12.7. The average molecular weight is 281 g/mol. The first-order valence-corrected chi connectivity index (χ1v) is 5.62. The summed E-state index contributed by atoms with van der Waals surface area (Å²) in [6.45, 7) is 2.70. The second-order valence-electron chi connectivity index (χ2n) is 4.03. The molecular formula is C11H13ClN6O. The highest BCUT2D eigenvalue weighted by Crippen LogP contribution is 2.09. The number of rotatable bonds is 2. The Hall–Kier alpha value is -1.99. The number of halogens is 1. The zero-order valence-corrected chi connectivity index (χ0v) is 11.1. The third-order valence-electron chi connectivity index (χ3n) is 2.78. The van der Waals surface area contributed by atoms with Crippen molar-refractivity contribution in [3.05, 3.63) is 34.6 Å². The van der Waals surface area contributed by atoms with Gasteiger partial charge in [-0.15, -0.1) is 17.5 Å². The van der Waals surface area contributed by atoms with Crippen molar-refractivity contribution in [1.29, 1.82) is 0 Å². The SMILES string of the molecule is Cc1nc2ncc3c(=O)n(CCN)ccc3n2n1.Cl. The lowest BCUT2D eigenvalue weighted by atomic mass is 10.3. The zero-order valence-electron chi connectivity index (χ0n) is 10.3. The molecule has 3 aromatic rings. The molecule has 0 radical (unpaired) electrons. The summed E-state index contributed by atoms with van der Waals surface area (Å²) in [4.78, 5) is 20.5. The van der Waals surface area contributed by atoms with E-state index in [1.807, 2.05) is 6.07 Å². The van der Waals surface area contributed by atoms with E-state index in [1.165, 1.54) is 6.20 Å². The van der Waals surface area contributed by atoms with Gasteiger partial charge in [0.1, 0.15) is 5.82 Å². The van der Waals surface area contributed by atoms with Gasteiger partial charge in [-0.3, -0.25) is 4.79 Å². The Labute approximate surface area is 114 Å². The van der Waals surface area contributed by atoms with Crippen molar-refractivity contribution in [2.75, 3.05) is 6.54 Å². The van der Waals surface area contributed by atoms with Gasteiger partial charge in [0.25, 0.3) is 11.3 Å².